The van der Waals surface area contributed by atoms with Crippen LogP contribution in [-0.2, 0) is 0 Å². The summed E-state index contributed by atoms with van der Waals surface area (Å²) in [6.45, 7) is 0. The van der Waals surface area contributed by atoms with Crippen molar-refractivity contribution in [1.82, 2.24) is 0 Å². The van der Waals surface area contributed by atoms with Gasteiger partial charge in [-0.1, -0.05) is 0 Å². The Balaban J connectivity index is 3.31. The summed E-state index contributed by atoms with van der Waals surface area (Å²) in [4.78, 5) is 22.1. The Kier molecular flexibility index (Phi) is 4.53. The number of hydrogen-bond donors (Lipinski definition) is 0. The molecule has 0 aromatic heterocycles. The van der Waals surface area contributed by atoms with Crippen LogP contribution in [0.25, 0.3) is 0 Å². The molecule has 0 amide bonds. The van der Waals surface area contributed by atoms with Crippen LogP contribution in [0.5, 0.6) is 5.75 Å². The predicted molar refractivity (Wildman–Crippen MR) is 66.1 cm³/mol. The molecule has 1 rings (SSSR count). The second kappa shape index (κ2) is 5.46. The number of ether oxygens (including phenoxy) is 1. The van der Waals surface area contributed by atoms with Gasteiger partial charge in [0.25, 0.3) is 0 Å². The number of carbonyl (C=O) groups excluding carboxylic acids is 2. The van der Waals surface area contributed by atoms with Crippen LogP contribution in [0.15, 0.2) is 12.1 Å². The van der Waals surface area contributed by atoms with Crippen LogP contribution in [0, 0.1) is 3.57 Å². The quantitative estimate of drug-likeness (QED) is 0.367. The van der Waals surface area contributed by atoms with Gasteiger partial charge in [-0.15, -0.1) is 11.6 Å². The molecule has 0 bridgehead atoms. The van der Waals surface area contributed by atoms with Crippen LogP contribution >= 0.6 is 34.2 Å². The molecule has 1 aromatic carbocycles. The first-order valence-corrected chi connectivity index (χ1v) is 5.67. The fraction of sp³-hybridized carbons (Fsp3) is 0.200. The third-order valence-electron chi connectivity index (χ3n) is 1.87. The first-order valence-electron chi connectivity index (χ1n) is 4.06. The normalized spacial score (nSPS) is 9.80. The molecule has 0 spiro atoms. The van der Waals surface area contributed by atoms with Crippen molar-refractivity contribution in [3.05, 3.63) is 26.8 Å². The van der Waals surface area contributed by atoms with E-state index in [1.54, 1.807) is 6.07 Å². The number of Topliss-reactive ketones (excluding diaryl/α,β-unsaturated/α-hetero) is 1. The Labute approximate surface area is 106 Å². The van der Waals surface area contributed by atoms with E-state index in [4.69, 9.17) is 16.3 Å². The van der Waals surface area contributed by atoms with Crippen LogP contribution in [0.4, 0.5) is 0 Å². The average molecular weight is 339 g/mol. The van der Waals surface area contributed by atoms with Gasteiger partial charge in [0.05, 0.1) is 18.6 Å². The van der Waals surface area contributed by atoms with E-state index in [2.05, 4.69) is 0 Å². The minimum absolute atomic E-state index is 0.0837. The first-order chi connectivity index (χ1) is 7.13. The van der Waals surface area contributed by atoms with Crippen molar-refractivity contribution >= 4 is 46.3 Å². The van der Waals surface area contributed by atoms with Crippen LogP contribution in [0.1, 0.15) is 20.7 Å². The van der Waals surface area contributed by atoms with Gasteiger partial charge in [-0.25, -0.2) is 0 Å². The summed E-state index contributed by atoms with van der Waals surface area (Å²) in [6.07, 6.45) is 0.690. The van der Waals surface area contributed by atoms with Crippen molar-refractivity contribution < 1.29 is 14.3 Å². The smallest absolute Gasteiger partial charge is 0.178 e. The molecule has 80 valence electrons. The third-order valence-corrected chi connectivity index (χ3v) is 3.00. The summed E-state index contributed by atoms with van der Waals surface area (Å²) in [7, 11) is 1.45. The van der Waals surface area contributed by atoms with E-state index in [9.17, 15) is 9.59 Å². The Morgan fingerprint density at radius 2 is 2.27 bits per heavy atom. The van der Waals surface area contributed by atoms with Gasteiger partial charge < -0.3 is 4.74 Å². The lowest BCUT2D eigenvalue weighted by Crippen LogP contribution is -2.05. The number of ketones is 1. The molecule has 0 saturated heterocycles. The summed E-state index contributed by atoms with van der Waals surface area (Å²) in [5.41, 5.74) is 0.904. The Morgan fingerprint density at radius 3 is 2.73 bits per heavy atom. The number of alkyl halides is 1. The van der Waals surface area contributed by atoms with Gasteiger partial charge >= 0.3 is 0 Å². The van der Waals surface area contributed by atoms with Crippen LogP contribution in [-0.4, -0.2) is 25.1 Å². The fourth-order valence-electron chi connectivity index (χ4n) is 1.12. The largest absolute Gasteiger partial charge is 0.496 e. The standard InChI is InChI=1S/C10H8ClIO3/c1-15-10-3-7(9(14)4-11)8(12)2-6(10)5-13/h2-3,5H,4H2,1H3. The Morgan fingerprint density at radius 1 is 1.60 bits per heavy atom. The second-order valence-corrected chi connectivity index (χ2v) is 4.18. The molecule has 5 heteroatoms. The number of methoxy groups -OCH3 is 1. The molecule has 0 unspecified atom stereocenters. The van der Waals surface area contributed by atoms with Crippen molar-refractivity contribution in [2.45, 2.75) is 0 Å². The van der Waals surface area contributed by atoms with E-state index in [0.29, 0.717) is 26.7 Å². The molecule has 3 nitrogen and oxygen atoms in total. The highest BCUT2D eigenvalue weighted by Crippen LogP contribution is 2.24. The van der Waals surface area contributed by atoms with Crippen molar-refractivity contribution in [2.24, 2.45) is 0 Å². The second-order valence-electron chi connectivity index (χ2n) is 2.75. The summed E-state index contributed by atoms with van der Waals surface area (Å²) in [6, 6.07) is 3.14. The summed E-state index contributed by atoms with van der Waals surface area (Å²) < 4.78 is 5.69. The summed E-state index contributed by atoms with van der Waals surface area (Å²) in [5.74, 6) is 0.121. The highest BCUT2D eigenvalue weighted by atomic mass is 127. The maximum atomic E-state index is 11.4. The molecule has 0 atom stereocenters. The van der Waals surface area contributed by atoms with E-state index >= 15 is 0 Å². The zero-order valence-electron chi connectivity index (χ0n) is 7.92. The molecule has 0 saturated carbocycles. The van der Waals surface area contributed by atoms with Crippen molar-refractivity contribution in [3.8, 4) is 5.75 Å². The van der Waals surface area contributed by atoms with Crippen molar-refractivity contribution in [3.63, 3.8) is 0 Å². The number of hydrogen-bond acceptors (Lipinski definition) is 3. The van der Waals surface area contributed by atoms with E-state index in [1.165, 1.54) is 13.2 Å². The lowest BCUT2D eigenvalue weighted by Gasteiger charge is -2.07. The average Bonchev–Trinajstić information content (AvgIpc) is 2.27. The van der Waals surface area contributed by atoms with Gasteiger partial charge in [0, 0.05) is 9.13 Å². The minimum Gasteiger partial charge on any atom is -0.496 e. The molecule has 1 aromatic rings. The number of rotatable bonds is 4. The third kappa shape index (κ3) is 2.69. The van der Waals surface area contributed by atoms with Gasteiger partial charge in [-0.3, -0.25) is 9.59 Å². The molecule has 0 aliphatic heterocycles. The van der Waals surface area contributed by atoms with Gasteiger partial charge in [0.2, 0.25) is 0 Å². The number of carbonyl (C=O) groups is 2. The molecule has 0 aliphatic carbocycles. The summed E-state index contributed by atoms with van der Waals surface area (Å²) >= 11 is 7.45. The Bertz CT molecular complexity index is 404. The SMILES string of the molecule is COc1cc(C(=O)CCl)c(I)cc1C=O. The van der Waals surface area contributed by atoms with E-state index in [-0.39, 0.29) is 11.7 Å². The van der Waals surface area contributed by atoms with Gasteiger partial charge in [-0.2, -0.15) is 0 Å². The van der Waals surface area contributed by atoms with Crippen LogP contribution in [0.3, 0.4) is 0 Å². The number of aldehydes is 1. The maximum absolute atomic E-state index is 11.4. The van der Waals surface area contributed by atoms with Crippen LogP contribution < -0.4 is 4.74 Å². The predicted octanol–water partition coefficient (Wildman–Crippen LogP) is 2.53. The molecule has 15 heavy (non-hydrogen) atoms. The minimum atomic E-state index is -0.184. The van der Waals surface area contributed by atoms with Gasteiger partial charge in [-0.05, 0) is 34.7 Å². The molecule has 0 N–H and O–H groups in total. The maximum Gasteiger partial charge on any atom is 0.178 e. The summed E-state index contributed by atoms with van der Waals surface area (Å²) in [5, 5.41) is 0. The topological polar surface area (TPSA) is 43.4 Å². The molecule has 0 radical (unpaired) electrons. The molecular weight excluding hydrogens is 330 g/mol. The number of halogens is 2. The molecular formula is C10H8ClIO3. The zero-order chi connectivity index (χ0) is 11.4. The van der Waals surface area contributed by atoms with Crippen molar-refractivity contribution in [1.29, 1.82) is 0 Å². The lowest BCUT2D eigenvalue weighted by molar-refractivity contribution is 0.101. The highest BCUT2D eigenvalue weighted by molar-refractivity contribution is 14.1. The van der Waals surface area contributed by atoms with E-state index in [1.807, 2.05) is 22.6 Å². The van der Waals surface area contributed by atoms with E-state index in [0.717, 1.165) is 0 Å². The Hall–Kier alpha value is -0.620. The van der Waals surface area contributed by atoms with Crippen molar-refractivity contribution in [2.75, 3.05) is 13.0 Å². The monoisotopic (exact) mass is 338 g/mol. The fourth-order valence-corrected chi connectivity index (χ4v) is 2.06. The highest BCUT2D eigenvalue weighted by Gasteiger charge is 2.13. The first kappa shape index (κ1) is 12.4. The van der Waals surface area contributed by atoms with Crippen LogP contribution in [0.2, 0.25) is 0 Å². The zero-order valence-corrected chi connectivity index (χ0v) is 10.8. The molecule has 0 fully saturated rings. The molecule has 0 aliphatic rings. The molecule has 0 heterocycles. The lowest BCUT2D eigenvalue weighted by atomic mass is 10.1. The van der Waals surface area contributed by atoms with Gasteiger partial charge in [0.1, 0.15) is 5.75 Å². The van der Waals surface area contributed by atoms with Gasteiger partial charge in [0.15, 0.2) is 12.1 Å². The van der Waals surface area contributed by atoms with E-state index < -0.39 is 0 Å². The number of benzene rings is 1.